The summed E-state index contributed by atoms with van der Waals surface area (Å²) in [6, 6.07) is 4.07. The third-order valence-corrected chi connectivity index (χ3v) is 4.03. The fourth-order valence-corrected chi connectivity index (χ4v) is 2.95. The molecule has 19 heavy (non-hydrogen) atoms. The summed E-state index contributed by atoms with van der Waals surface area (Å²) >= 11 is 0. The van der Waals surface area contributed by atoms with Crippen LogP contribution in [0.25, 0.3) is 5.65 Å². The summed E-state index contributed by atoms with van der Waals surface area (Å²) in [5.41, 5.74) is 2.11. The van der Waals surface area contributed by atoms with E-state index in [2.05, 4.69) is 28.4 Å². The topological polar surface area (TPSA) is 42.2 Å². The molecule has 3 rings (SSSR count). The van der Waals surface area contributed by atoms with Gasteiger partial charge in [-0.25, -0.2) is 4.52 Å². The molecule has 0 spiro atoms. The monoisotopic (exact) mass is 258 g/mol. The van der Waals surface area contributed by atoms with Gasteiger partial charge in [-0.05, 0) is 37.3 Å². The Balaban J connectivity index is 1.50. The number of nitrogens with zero attached hydrogens (tertiary/aromatic N) is 3. The van der Waals surface area contributed by atoms with Gasteiger partial charge < -0.3 is 5.32 Å². The highest BCUT2D eigenvalue weighted by Gasteiger charge is 2.14. The number of anilines is 1. The lowest BCUT2D eigenvalue weighted by molar-refractivity contribution is 0.491. The molecule has 2 aromatic rings. The van der Waals surface area contributed by atoms with E-state index in [9.17, 15) is 0 Å². The van der Waals surface area contributed by atoms with Crippen LogP contribution in [0.1, 0.15) is 44.1 Å². The lowest BCUT2D eigenvalue weighted by atomic mass is 10.0. The molecule has 102 valence electrons. The van der Waals surface area contributed by atoms with Gasteiger partial charge in [0, 0.05) is 12.7 Å². The van der Waals surface area contributed by atoms with Gasteiger partial charge in [-0.1, -0.05) is 31.7 Å². The average Bonchev–Trinajstić information content (AvgIpc) is 3.02. The molecule has 1 aliphatic rings. The summed E-state index contributed by atoms with van der Waals surface area (Å²) in [6.07, 6.45) is 10.3. The second-order valence-electron chi connectivity index (χ2n) is 5.66. The standard InChI is InChI=1S/C15H22N4/c1-12-8-9-14-17-15(18-19(14)11-12)16-10-4-7-13-5-2-3-6-13/h8-9,11,13H,2-7,10H2,1H3,(H,16,18). The van der Waals surface area contributed by atoms with Gasteiger partial charge in [-0.2, -0.15) is 4.98 Å². The summed E-state index contributed by atoms with van der Waals surface area (Å²) in [7, 11) is 0. The molecule has 0 unspecified atom stereocenters. The third-order valence-electron chi connectivity index (χ3n) is 4.03. The van der Waals surface area contributed by atoms with Crippen molar-refractivity contribution in [2.75, 3.05) is 11.9 Å². The van der Waals surface area contributed by atoms with Crippen LogP contribution in [0.2, 0.25) is 0 Å². The fraction of sp³-hybridized carbons (Fsp3) is 0.600. The first kappa shape index (κ1) is 12.5. The summed E-state index contributed by atoms with van der Waals surface area (Å²) in [5.74, 6) is 1.72. The molecule has 0 aliphatic heterocycles. The number of hydrogen-bond donors (Lipinski definition) is 1. The van der Waals surface area contributed by atoms with Crippen LogP contribution in [0.5, 0.6) is 0 Å². The van der Waals surface area contributed by atoms with Crippen molar-refractivity contribution in [1.29, 1.82) is 0 Å². The van der Waals surface area contributed by atoms with Crippen LogP contribution in [-0.4, -0.2) is 21.1 Å². The third kappa shape index (κ3) is 3.06. The van der Waals surface area contributed by atoms with Crippen molar-refractivity contribution < 1.29 is 0 Å². The lowest BCUT2D eigenvalue weighted by Crippen LogP contribution is -2.05. The van der Waals surface area contributed by atoms with Gasteiger partial charge in [0.1, 0.15) is 0 Å². The number of aryl methyl sites for hydroxylation is 1. The quantitative estimate of drug-likeness (QED) is 0.836. The van der Waals surface area contributed by atoms with E-state index in [4.69, 9.17) is 0 Å². The van der Waals surface area contributed by atoms with Crippen molar-refractivity contribution in [3.05, 3.63) is 23.9 Å². The number of pyridine rings is 1. The molecule has 0 bridgehead atoms. The highest BCUT2D eigenvalue weighted by Crippen LogP contribution is 2.28. The van der Waals surface area contributed by atoms with Crippen molar-refractivity contribution in [2.45, 2.75) is 45.4 Å². The van der Waals surface area contributed by atoms with Crippen molar-refractivity contribution in [1.82, 2.24) is 14.6 Å². The Hall–Kier alpha value is -1.58. The van der Waals surface area contributed by atoms with E-state index in [0.29, 0.717) is 0 Å². The van der Waals surface area contributed by atoms with Crippen molar-refractivity contribution >= 4 is 11.6 Å². The predicted octanol–water partition coefficient (Wildman–Crippen LogP) is 3.42. The second-order valence-corrected chi connectivity index (χ2v) is 5.66. The highest BCUT2D eigenvalue weighted by atomic mass is 15.3. The molecule has 0 atom stereocenters. The maximum absolute atomic E-state index is 4.46. The zero-order valence-electron chi connectivity index (χ0n) is 11.6. The fourth-order valence-electron chi connectivity index (χ4n) is 2.95. The van der Waals surface area contributed by atoms with Crippen molar-refractivity contribution in [2.24, 2.45) is 5.92 Å². The number of hydrogen-bond acceptors (Lipinski definition) is 3. The van der Waals surface area contributed by atoms with Gasteiger partial charge in [0.05, 0.1) is 0 Å². The smallest absolute Gasteiger partial charge is 0.243 e. The van der Waals surface area contributed by atoms with Gasteiger partial charge in [0.25, 0.3) is 0 Å². The highest BCUT2D eigenvalue weighted by molar-refractivity contribution is 5.43. The Labute approximate surface area is 114 Å². The molecule has 4 nitrogen and oxygen atoms in total. The summed E-state index contributed by atoms with van der Waals surface area (Å²) in [5, 5.41) is 7.77. The molecule has 0 aromatic carbocycles. The molecule has 0 radical (unpaired) electrons. The summed E-state index contributed by atoms with van der Waals surface area (Å²) in [6.45, 7) is 3.04. The van der Waals surface area contributed by atoms with Crippen LogP contribution in [0.3, 0.4) is 0 Å². The van der Waals surface area contributed by atoms with E-state index in [1.165, 1.54) is 44.1 Å². The molecule has 2 heterocycles. The molecule has 0 amide bonds. The summed E-state index contributed by atoms with van der Waals surface area (Å²) in [4.78, 5) is 4.46. The van der Waals surface area contributed by atoms with Crippen molar-refractivity contribution in [3.63, 3.8) is 0 Å². The molecular weight excluding hydrogens is 236 g/mol. The molecular formula is C15H22N4. The van der Waals surface area contributed by atoms with E-state index < -0.39 is 0 Å². The number of rotatable bonds is 5. The van der Waals surface area contributed by atoms with Gasteiger partial charge >= 0.3 is 0 Å². The summed E-state index contributed by atoms with van der Waals surface area (Å²) < 4.78 is 1.84. The number of nitrogens with one attached hydrogen (secondary N) is 1. The van der Waals surface area contributed by atoms with Crippen LogP contribution in [0, 0.1) is 12.8 Å². The van der Waals surface area contributed by atoms with E-state index in [1.54, 1.807) is 0 Å². The van der Waals surface area contributed by atoms with Crippen molar-refractivity contribution in [3.8, 4) is 0 Å². The second kappa shape index (κ2) is 5.59. The van der Waals surface area contributed by atoms with E-state index in [1.807, 2.05) is 16.8 Å². The molecule has 2 aromatic heterocycles. The first-order valence-electron chi connectivity index (χ1n) is 7.38. The molecule has 0 saturated heterocycles. The number of fused-ring (bicyclic) bond motifs is 1. The van der Waals surface area contributed by atoms with Gasteiger partial charge in [0.2, 0.25) is 5.95 Å². The van der Waals surface area contributed by atoms with Crippen LogP contribution in [0.15, 0.2) is 18.3 Å². The first-order valence-corrected chi connectivity index (χ1v) is 7.38. The van der Waals surface area contributed by atoms with Gasteiger partial charge in [-0.3, -0.25) is 0 Å². The number of aromatic nitrogens is 3. The minimum atomic E-state index is 0.747. The maximum atomic E-state index is 4.46. The van der Waals surface area contributed by atoms with Crippen LogP contribution < -0.4 is 5.32 Å². The zero-order chi connectivity index (χ0) is 13.1. The average molecular weight is 258 g/mol. The molecule has 4 heteroatoms. The minimum Gasteiger partial charge on any atom is -0.353 e. The molecule has 1 N–H and O–H groups in total. The molecule has 1 fully saturated rings. The Bertz CT molecular complexity index is 540. The largest absolute Gasteiger partial charge is 0.353 e. The predicted molar refractivity (Wildman–Crippen MR) is 77.4 cm³/mol. The maximum Gasteiger partial charge on any atom is 0.243 e. The van der Waals surface area contributed by atoms with E-state index >= 15 is 0 Å². The van der Waals surface area contributed by atoms with Crippen LogP contribution in [-0.2, 0) is 0 Å². The van der Waals surface area contributed by atoms with E-state index in [0.717, 1.165) is 24.1 Å². The lowest BCUT2D eigenvalue weighted by Gasteiger charge is -2.07. The van der Waals surface area contributed by atoms with Crippen LogP contribution in [0.4, 0.5) is 5.95 Å². The normalized spacial score (nSPS) is 16.3. The minimum absolute atomic E-state index is 0.747. The molecule has 1 aliphatic carbocycles. The van der Waals surface area contributed by atoms with Crippen LogP contribution >= 0.6 is 0 Å². The zero-order valence-corrected chi connectivity index (χ0v) is 11.6. The van der Waals surface area contributed by atoms with E-state index in [-0.39, 0.29) is 0 Å². The Morgan fingerprint density at radius 3 is 3.00 bits per heavy atom. The Morgan fingerprint density at radius 1 is 1.32 bits per heavy atom. The molecule has 1 saturated carbocycles. The van der Waals surface area contributed by atoms with Gasteiger partial charge in [0.15, 0.2) is 5.65 Å². The Kier molecular flexibility index (Phi) is 3.67. The SMILES string of the molecule is Cc1ccc2nc(NCCCC3CCCC3)nn2c1. The first-order chi connectivity index (χ1) is 9.31. The Morgan fingerprint density at radius 2 is 2.16 bits per heavy atom. The van der Waals surface area contributed by atoms with Gasteiger partial charge in [-0.15, -0.1) is 5.10 Å².